The number of carbonyl (C=O) groups is 2. The molecule has 0 radical (unpaired) electrons. The molecule has 110 valence electrons. The summed E-state index contributed by atoms with van der Waals surface area (Å²) in [6.07, 6.45) is 0.925. The monoisotopic (exact) mass is 286 g/mol. The predicted molar refractivity (Wildman–Crippen MR) is 68.1 cm³/mol. The van der Waals surface area contributed by atoms with Crippen LogP contribution in [0.3, 0.4) is 0 Å². The first-order valence-corrected chi connectivity index (χ1v) is 6.15. The molecule has 3 N–H and O–H groups in total. The molecule has 0 heterocycles. The van der Waals surface area contributed by atoms with Gasteiger partial charge in [0, 0.05) is 6.54 Å². The van der Waals surface area contributed by atoms with Crippen LogP contribution in [0.5, 0.6) is 0 Å². The van der Waals surface area contributed by atoms with Gasteiger partial charge in [-0.1, -0.05) is 19.4 Å². The van der Waals surface area contributed by atoms with Crippen LogP contribution in [0.1, 0.15) is 25.3 Å². The minimum atomic E-state index is -1.12. The van der Waals surface area contributed by atoms with Gasteiger partial charge in [0.25, 0.3) is 0 Å². The van der Waals surface area contributed by atoms with Crippen molar-refractivity contribution in [1.82, 2.24) is 10.6 Å². The molecule has 1 atom stereocenters. The first-order chi connectivity index (χ1) is 9.43. The molecule has 0 bridgehead atoms. The van der Waals surface area contributed by atoms with Gasteiger partial charge in [-0.05, 0) is 24.1 Å². The first kappa shape index (κ1) is 15.9. The van der Waals surface area contributed by atoms with Crippen LogP contribution < -0.4 is 10.6 Å². The second-order valence-corrected chi connectivity index (χ2v) is 4.25. The van der Waals surface area contributed by atoms with Crippen molar-refractivity contribution < 1.29 is 23.5 Å². The Morgan fingerprint density at radius 2 is 2.00 bits per heavy atom. The number of benzene rings is 1. The fraction of sp³-hybridized carbons (Fsp3) is 0.385. The Kier molecular flexibility index (Phi) is 5.89. The highest BCUT2D eigenvalue weighted by Gasteiger charge is 2.18. The van der Waals surface area contributed by atoms with E-state index < -0.39 is 29.7 Å². The maximum Gasteiger partial charge on any atom is 0.326 e. The van der Waals surface area contributed by atoms with E-state index in [9.17, 15) is 18.4 Å². The third kappa shape index (κ3) is 4.83. The third-order valence-corrected chi connectivity index (χ3v) is 2.62. The van der Waals surface area contributed by atoms with Crippen LogP contribution in [0.4, 0.5) is 13.6 Å². The zero-order chi connectivity index (χ0) is 15.1. The Morgan fingerprint density at radius 3 is 2.55 bits per heavy atom. The Bertz CT molecular complexity index is 495. The number of urea groups is 1. The van der Waals surface area contributed by atoms with Crippen LogP contribution >= 0.6 is 0 Å². The maximum atomic E-state index is 12.9. The standard InChI is InChI=1S/C13H16F2N2O3/c1-2-3-11(12(18)19)17-13(20)16-7-8-4-5-9(14)10(15)6-8/h4-6,11H,2-3,7H2,1H3,(H,18,19)(H2,16,17,20)/t11-/m0/s1. The van der Waals surface area contributed by atoms with E-state index in [2.05, 4.69) is 10.6 Å². The lowest BCUT2D eigenvalue weighted by Gasteiger charge is -2.14. The van der Waals surface area contributed by atoms with Crippen molar-refractivity contribution in [3.8, 4) is 0 Å². The van der Waals surface area contributed by atoms with Gasteiger partial charge in [-0.3, -0.25) is 0 Å². The minimum absolute atomic E-state index is 0.0263. The molecule has 0 aliphatic carbocycles. The molecular formula is C13H16F2N2O3. The largest absolute Gasteiger partial charge is 0.480 e. The molecule has 1 rings (SSSR count). The van der Waals surface area contributed by atoms with Gasteiger partial charge >= 0.3 is 12.0 Å². The van der Waals surface area contributed by atoms with Gasteiger partial charge < -0.3 is 15.7 Å². The molecule has 1 aromatic rings. The van der Waals surface area contributed by atoms with Gasteiger partial charge in [-0.2, -0.15) is 0 Å². The quantitative estimate of drug-likeness (QED) is 0.748. The Morgan fingerprint density at radius 1 is 1.30 bits per heavy atom. The molecule has 0 aliphatic rings. The van der Waals surface area contributed by atoms with E-state index in [1.165, 1.54) is 6.07 Å². The summed E-state index contributed by atoms with van der Waals surface area (Å²) in [6.45, 7) is 1.78. The average molecular weight is 286 g/mol. The molecule has 0 spiro atoms. The molecule has 5 nitrogen and oxygen atoms in total. The number of halogens is 2. The van der Waals surface area contributed by atoms with Crippen molar-refractivity contribution in [2.75, 3.05) is 0 Å². The van der Waals surface area contributed by atoms with Gasteiger partial charge in [0.05, 0.1) is 0 Å². The van der Waals surface area contributed by atoms with Gasteiger partial charge in [-0.25, -0.2) is 18.4 Å². The molecule has 0 aromatic heterocycles. The third-order valence-electron chi connectivity index (χ3n) is 2.62. The van der Waals surface area contributed by atoms with Gasteiger partial charge in [0.15, 0.2) is 11.6 Å². The lowest BCUT2D eigenvalue weighted by Crippen LogP contribution is -2.45. The summed E-state index contributed by atoms with van der Waals surface area (Å²) in [6, 6.07) is 1.62. The Labute approximate surface area is 115 Å². The van der Waals surface area contributed by atoms with Crippen LogP contribution in [0.2, 0.25) is 0 Å². The molecule has 1 aromatic carbocycles. The van der Waals surface area contributed by atoms with Crippen molar-refractivity contribution in [2.45, 2.75) is 32.4 Å². The van der Waals surface area contributed by atoms with Gasteiger partial charge in [0.1, 0.15) is 6.04 Å². The Hall–Kier alpha value is -2.18. The number of carbonyl (C=O) groups excluding carboxylic acids is 1. The molecular weight excluding hydrogens is 270 g/mol. The second kappa shape index (κ2) is 7.42. The summed E-state index contributed by atoms with van der Waals surface area (Å²) in [5, 5.41) is 13.6. The average Bonchev–Trinajstić information content (AvgIpc) is 2.39. The van der Waals surface area contributed by atoms with Crippen molar-refractivity contribution in [3.05, 3.63) is 35.4 Å². The van der Waals surface area contributed by atoms with Crippen LogP contribution in [0, 0.1) is 11.6 Å². The number of hydrogen-bond acceptors (Lipinski definition) is 2. The fourth-order valence-corrected chi connectivity index (χ4v) is 1.59. The van der Waals surface area contributed by atoms with E-state index in [0.29, 0.717) is 18.4 Å². The van der Waals surface area contributed by atoms with E-state index in [0.717, 1.165) is 12.1 Å². The summed E-state index contributed by atoms with van der Waals surface area (Å²) < 4.78 is 25.6. The highest BCUT2D eigenvalue weighted by molar-refractivity contribution is 5.82. The molecule has 0 unspecified atom stereocenters. The zero-order valence-electron chi connectivity index (χ0n) is 11.0. The van der Waals surface area contributed by atoms with Crippen molar-refractivity contribution in [2.24, 2.45) is 0 Å². The highest BCUT2D eigenvalue weighted by Crippen LogP contribution is 2.08. The normalized spacial score (nSPS) is 11.8. The smallest absolute Gasteiger partial charge is 0.326 e. The molecule has 7 heteroatoms. The molecule has 2 amide bonds. The van der Waals surface area contributed by atoms with E-state index in [-0.39, 0.29) is 6.54 Å². The lowest BCUT2D eigenvalue weighted by atomic mass is 10.2. The number of rotatable bonds is 6. The summed E-state index contributed by atoms with van der Waals surface area (Å²) in [4.78, 5) is 22.4. The lowest BCUT2D eigenvalue weighted by molar-refractivity contribution is -0.139. The molecule has 0 fully saturated rings. The molecule has 0 saturated heterocycles. The van der Waals surface area contributed by atoms with Crippen molar-refractivity contribution in [3.63, 3.8) is 0 Å². The summed E-state index contributed by atoms with van der Waals surface area (Å²) >= 11 is 0. The number of carboxylic acids is 1. The van der Waals surface area contributed by atoms with Crippen LogP contribution in [-0.4, -0.2) is 23.1 Å². The van der Waals surface area contributed by atoms with Crippen molar-refractivity contribution in [1.29, 1.82) is 0 Å². The molecule has 0 aliphatic heterocycles. The second-order valence-electron chi connectivity index (χ2n) is 4.25. The SMILES string of the molecule is CCC[C@H](NC(=O)NCc1ccc(F)c(F)c1)C(=O)O. The van der Waals surface area contributed by atoms with E-state index >= 15 is 0 Å². The Balaban J connectivity index is 2.50. The number of amides is 2. The minimum Gasteiger partial charge on any atom is -0.480 e. The predicted octanol–water partition coefficient (Wildman–Crippen LogP) is 2.02. The first-order valence-electron chi connectivity index (χ1n) is 6.15. The van der Waals surface area contributed by atoms with Crippen LogP contribution in [0.15, 0.2) is 18.2 Å². The summed E-state index contributed by atoms with van der Waals surface area (Å²) in [5.74, 6) is -3.08. The van der Waals surface area contributed by atoms with Crippen LogP contribution in [-0.2, 0) is 11.3 Å². The fourth-order valence-electron chi connectivity index (χ4n) is 1.59. The zero-order valence-corrected chi connectivity index (χ0v) is 11.0. The highest BCUT2D eigenvalue weighted by atomic mass is 19.2. The van der Waals surface area contributed by atoms with E-state index in [1.54, 1.807) is 6.92 Å². The number of aliphatic carboxylic acids is 1. The number of nitrogens with one attached hydrogen (secondary N) is 2. The topological polar surface area (TPSA) is 78.4 Å². The summed E-state index contributed by atoms with van der Waals surface area (Å²) in [7, 11) is 0. The molecule has 0 saturated carbocycles. The maximum absolute atomic E-state index is 12.9. The number of hydrogen-bond donors (Lipinski definition) is 3. The van der Waals surface area contributed by atoms with Crippen LogP contribution in [0.25, 0.3) is 0 Å². The van der Waals surface area contributed by atoms with Gasteiger partial charge in [0.2, 0.25) is 0 Å². The van der Waals surface area contributed by atoms with Gasteiger partial charge in [-0.15, -0.1) is 0 Å². The number of carboxylic acid groups (broad SMARTS) is 1. The molecule has 20 heavy (non-hydrogen) atoms. The van der Waals surface area contributed by atoms with Crippen molar-refractivity contribution >= 4 is 12.0 Å². The summed E-state index contributed by atoms with van der Waals surface area (Å²) in [5.41, 5.74) is 0.376. The van der Waals surface area contributed by atoms with E-state index in [1.807, 2.05) is 0 Å². The van der Waals surface area contributed by atoms with E-state index in [4.69, 9.17) is 5.11 Å².